The lowest BCUT2D eigenvalue weighted by Gasteiger charge is -2.14. The summed E-state index contributed by atoms with van der Waals surface area (Å²) in [5, 5.41) is 3.02. The number of ether oxygens (including phenoxy) is 2. The minimum Gasteiger partial charge on any atom is -0.493 e. The van der Waals surface area contributed by atoms with Crippen LogP contribution in [0.4, 0.5) is 0 Å². The zero-order valence-electron chi connectivity index (χ0n) is 22.8. The molecule has 0 aliphatic carbocycles. The van der Waals surface area contributed by atoms with Crippen LogP contribution in [0.5, 0.6) is 5.75 Å². The molecule has 0 saturated carbocycles. The largest absolute Gasteiger partial charge is 0.493 e. The second-order valence-electron chi connectivity index (χ2n) is 9.40. The first-order chi connectivity index (χ1) is 17.1. The van der Waals surface area contributed by atoms with Gasteiger partial charge in [0, 0.05) is 13.0 Å². The van der Waals surface area contributed by atoms with Gasteiger partial charge in [-0.15, -0.1) is 12.4 Å². The molecular formula is C29H51ClN2O4. The fraction of sp³-hybridized carbons (Fsp3) is 0.724. The highest BCUT2D eigenvalue weighted by Crippen LogP contribution is 2.22. The van der Waals surface area contributed by atoms with Gasteiger partial charge in [-0.1, -0.05) is 83.6 Å². The average Bonchev–Trinajstić information content (AvgIpc) is 2.88. The van der Waals surface area contributed by atoms with Crippen molar-refractivity contribution in [3.63, 3.8) is 0 Å². The van der Waals surface area contributed by atoms with Crippen molar-refractivity contribution in [1.29, 1.82) is 0 Å². The summed E-state index contributed by atoms with van der Waals surface area (Å²) in [5.74, 6) is 0.236. The predicted octanol–water partition coefficient (Wildman–Crippen LogP) is 6.76. The Morgan fingerprint density at radius 2 is 1.47 bits per heavy atom. The number of carbonyl (C=O) groups excluding carboxylic acids is 2. The number of nitrogens with one attached hydrogen (secondary N) is 1. The van der Waals surface area contributed by atoms with E-state index in [1.165, 1.54) is 58.5 Å². The third kappa shape index (κ3) is 16.8. The van der Waals surface area contributed by atoms with E-state index in [2.05, 4.69) is 12.2 Å². The summed E-state index contributed by atoms with van der Waals surface area (Å²) >= 11 is 0. The number of aryl methyl sites for hydroxylation is 1. The summed E-state index contributed by atoms with van der Waals surface area (Å²) in [5.41, 5.74) is 7.01. The van der Waals surface area contributed by atoms with Crippen molar-refractivity contribution in [1.82, 2.24) is 5.32 Å². The van der Waals surface area contributed by atoms with Crippen molar-refractivity contribution in [3.05, 3.63) is 29.3 Å². The second-order valence-corrected chi connectivity index (χ2v) is 9.40. The maximum atomic E-state index is 12.9. The zero-order valence-corrected chi connectivity index (χ0v) is 23.6. The van der Waals surface area contributed by atoms with E-state index in [-0.39, 0.29) is 30.7 Å². The van der Waals surface area contributed by atoms with Gasteiger partial charge in [-0.3, -0.25) is 9.59 Å². The molecule has 208 valence electrons. The number of hydrogen-bond donors (Lipinski definition) is 2. The third-order valence-electron chi connectivity index (χ3n) is 6.31. The highest BCUT2D eigenvalue weighted by atomic mass is 35.5. The minimum absolute atomic E-state index is 0. The topological polar surface area (TPSA) is 90.6 Å². The Balaban J connectivity index is 0.0000122. The van der Waals surface area contributed by atoms with Crippen molar-refractivity contribution in [2.24, 2.45) is 5.73 Å². The van der Waals surface area contributed by atoms with E-state index >= 15 is 0 Å². The van der Waals surface area contributed by atoms with Crippen molar-refractivity contribution < 1.29 is 19.1 Å². The maximum Gasteiger partial charge on any atom is 0.305 e. The van der Waals surface area contributed by atoms with E-state index in [1.54, 1.807) is 0 Å². The lowest BCUT2D eigenvalue weighted by Crippen LogP contribution is -2.25. The fourth-order valence-electron chi connectivity index (χ4n) is 4.08. The molecule has 0 bridgehead atoms. The lowest BCUT2D eigenvalue weighted by atomic mass is 10.0. The van der Waals surface area contributed by atoms with Crippen LogP contribution < -0.4 is 15.8 Å². The lowest BCUT2D eigenvalue weighted by molar-refractivity contribution is -0.140. The van der Waals surface area contributed by atoms with Crippen LogP contribution in [0.2, 0.25) is 0 Å². The zero-order chi connectivity index (χ0) is 25.6. The van der Waals surface area contributed by atoms with Gasteiger partial charge in [0.1, 0.15) is 5.75 Å². The summed E-state index contributed by atoms with van der Waals surface area (Å²) in [6.45, 7) is 4.21. The quantitative estimate of drug-likeness (QED) is 0.129. The molecular weight excluding hydrogens is 476 g/mol. The van der Waals surface area contributed by atoms with E-state index in [0.29, 0.717) is 37.4 Å². The predicted molar refractivity (Wildman–Crippen MR) is 151 cm³/mol. The highest BCUT2D eigenvalue weighted by molar-refractivity contribution is 5.97. The number of unbranched alkanes of at least 4 members (excludes halogenated alkanes) is 12. The van der Waals surface area contributed by atoms with Gasteiger partial charge < -0.3 is 20.5 Å². The van der Waals surface area contributed by atoms with Gasteiger partial charge in [0.2, 0.25) is 0 Å². The van der Waals surface area contributed by atoms with Crippen LogP contribution in [0.25, 0.3) is 0 Å². The van der Waals surface area contributed by atoms with E-state index in [9.17, 15) is 9.59 Å². The standard InChI is InChI=1S/C29H50N2O4.ClH/c1-3-4-5-6-7-8-9-10-13-16-23-35-27-19-17-25(18-20-28(32)34-2)24-26(27)29(33)31-22-15-12-11-14-21-30;/h17,19,24H,3-16,18,20-23,30H2,1-2H3,(H,31,33);1H. The number of hydrogen-bond acceptors (Lipinski definition) is 5. The summed E-state index contributed by atoms with van der Waals surface area (Å²) in [6.07, 6.45) is 17.7. The van der Waals surface area contributed by atoms with Crippen LogP contribution in [0, 0.1) is 0 Å². The molecule has 0 spiro atoms. The summed E-state index contributed by atoms with van der Waals surface area (Å²) in [6, 6.07) is 5.64. The molecule has 0 aliphatic heterocycles. The minimum atomic E-state index is -0.255. The molecule has 1 rings (SSSR count). The Hall–Kier alpha value is -1.79. The Bertz CT molecular complexity index is 700. The third-order valence-corrected chi connectivity index (χ3v) is 6.31. The molecule has 1 aromatic rings. The average molecular weight is 527 g/mol. The number of amides is 1. The molecule has 6 nitrogen and oxygen atoms in total. The van der Waals surface area contributed by atoms with Crippen LogP contribution in [0.1, 0.15) is 119 Å². The molecule has 0 aromatic heterocycles. The number of halogens is 1. The monoisotopic (exact) mass is 526 g/mol. The fourth-order valence-corrected chi connectivity index (χ4v) is 4.08. The van der Waals surface area contributed by atoms with Gasteiger partial charge in [-0.25, -0.2) is 0 Å². The Morgan fingerprint density at radius 1 is 0.861 bits per heavy atom. The van der Waals surface area contributed by atoms with Crippen molar-refractivity contribution in [3.8, 4) is 5.75 Å². The molecule has 0 saturated heterocycles. The SMILES string of the molecule is CCCCCCCCCCCCOc1ccc(CCC(=O)OC)cc1C(=O)NCCCCCCN.Cl. The van der Waals surface area contributed by atoms with E-state index in [0.717, 1.165) is 44.1 Å². The van der Waals surface area contributed by atoms with Gasteiger partial charge >= 0.3 is 5.97 Å². The Labute approximate surface area is 225 Å². The van der Waals surface area contributed by atoms with Gasteiger partial charge in [0.15, 0.2) is 0 Å². The molecule has 1 amide bonds. The molecule has 0 heterocycles. The molecule has 0 unspecified atom stereocenters. The molecule has 1 aromatic carbocycles. The van der Waals surface area contributed by atoms with Crippen LogP contribution in [0.15, 0.2) is 18.2 Å². The number of methoxy groups -OCH3 is 1. The number of benzene rings is 1. The normalized spacial score (nSPS) is 10.5. The molecule has 0 radical (unpaired) electrons. The molecule has 7 heteroatoms. The van der Waals surface area contributed by atoms with E-state index in [4.69, 9.17) is 15.2 Å². The first-order valence-corrected chi connectivity index (χ1v) is 13.9. The Morgan fingerprint density at radius 3 is 2.11 bits per heavy atom. The highest BCUT2D eigenvalue weighted by Gasteiger charge is 2.14. The summed E-state index contributed by atoms with van der Waals surface area (Å²) in [4.78, 5) is 24.4. The molecule has 0 fully saturated rings. The van der Waals surface area contributed by atoms with Gasteiger partial charge in [0.05, 0.1) is 19.3 Å². The Kier molecular flexibility index (Phi) is 22.4. The number of nitrogens with two attached hydrogens (primary N) is 1. The molecule has 36 heavy (non-hydrogen) atoms. The van der Waals surface area contributed by atoms with Crippen LogP contribution in [0.3, 0.4) is 0 Å². The van der Waals surface area contributed by atoms with Crippen molar-refractivity contribution in [2.45, 2.75) is 110 Å². The van der Waals surface area contributed by atoms with Crippen LogP contribution in [-0.4, -0.2) is 38.7 Å². The molecule has 0 atom stereocenters. The van der Waals surface area contributed by atoms with Gasteiger partial charge in [-0.05, 0) is 49.9 Å². The number of rotatable bonds is 22. The molecule has 3 N–H and O–H groups in total. The van der Waals surface area contributed by atoms with Crippen molar-refractivity contribution in [2.75, 3.05) is 26.8 Å². The van der Waals surface area contributed by atoms with Crippen LogP contribution >= 0.6 is 12.4 Å². The number of esters is 1. The molecule has 0 aliphatic rings. The first-order valence-electron chi connectivity index (χ1n) is 13.9. The summed E-state index contributed by atoms with van der Waals surface area (Å²) < 4.78 is 10.8. The van der Waals surface area contributed by atoms with E-state index in [1.807, 2.05) is 18.2 Å². The van der Waals surface area contributed by atoms with Gasteiger partial charge in [-0.2, -0.15) is 0 Å². The first kappa shape index (κ1) is 34.2. The van der Waals surface area contributed by atoms with Gasteiger partial charge in [0.25, 0.3) is 5.91 Å². The number of carbonyl (C=O) groups is 2. The smallest absolute Gasteiger partial charge is 0.305 e. The second kappa shape index (κ2) is 23.6. The summed E-state index contributed by atoms with van der Waals surface area (Å²) in [7, 11) is 1.39. The van der Waals surface area contributed by atoms with Crippen molar-refractivity contribution >= 4 is 24.3 Å². The van der Waals surface area contributed by atoms with Crippen LogP contribution in [-0.2, 0) is 16.0 Å². The maximum absolute atomic E-state index is 12.9. The van der Waals surface area contributed by atoms with E-state index < -0.39 is 0 Å².